The van der Waals surface area contributed by atoms with Crippen LogP contribution in [0.3, 0.4) is 0 Å². The minimum absolute atomic E-state index is 0. The van der Waals surface area contributed by atoms with Crippen molar-refractivity contribution in [1.29, 1.82) is 0 Å². The smallest absolute Gasteiger partial charge is 0.744 e. The standard InChI is InChI=1S/2C44H82O3S.Ca/c2*1-2-3-4-5-6-7-8-9-10-11-12-13-14-15-16-17-18-19-20-21-22-23-24-25-26-27-28-29-30-31-32-33-34-35-36-37-40-43-41-38-39-42-44(43)48(45,46)47;/h2*38-39,41-42H,2-37,40H2,1H3,(H,45,46,47);/q;;+2/p-2. The maximum Gasteiger partial charge on any atom is 2.00 e. The van der Waals surface area contributed by atoms with Gasteiger partial charge in [-0.3, -0.25) is 0 Å². The van der Waals surface area contributed by atoms with Crippen LogP contribution in [-0.4, -0.2) is 63.7 Å². The largest absolute Gasteiger partial charge is 2.00 e. The summed E-state index contributed by atoms with van der Waals surface area (Å²) in [4.78, 5) is -0.0809. The number of hydrogen-bond donors (Lipinski definition) is 0. The Hall–Kier alpha value is -0.480. The van der Waals surface area contributed by atoms with Gasteiger partial charge in [-0.05, 0) is 48.9 Å². The minimum atomic E-state index is -4.37. The quantitative estimate of drug-likeness (QED) is 0.0370. The molecule has 2 aromatic carbocycles. The van der Waals surface area contributed by atoms with Gasteiger partial charge >= 0.3 is 37.7 Å². The Balaban J connectivity index is 0.00000188. The first-order valence-electron chi connectivity index (χ1n) is 43.2. The van der Waals surface area contributed by atoms with Crippen molar-refractivity contribution in [3.8, 4) is 0 Å². The molecule has 0 bridgehead atoms. The molecule has 0 radical (unpaired) electrons. The zero-order chi connectivity index (χ0) is 69.3. The Kier molecular flexibility index (Phi) is 76.3. The van der Waals surface area contributed by atoms with Crippen molar-refractivity contribution in [2.45, 2.75) is 499 Å². The fourth-order valence-corrected chi connectivity index (χ4v) is 16.2. The molecule has 564 valence electrons. The first kappa shape index (κ1) is 96.5. The summed E-state index contributed by atoms with van der Waals surface area (Å²) in [5.41, 5.74) is 1.35. The third kappa shape index (κ3) is 69.6. The number of benzene rings is 2. The molecule has 0 atom stereocenters. The normalized spacial score (nSPS) is 11.8. The van der Waals surface area contributed by atoms with Gasteiger partial charge in [-0.1, -0.05) is 500 Å². The molecule has 97 heavy (non-hydrogen) atoms. The zero-order valence-corrected chi connectivity index (χ0v) is 68.8. The van der Waals surface area contributed by atoms with E-state index in [1.807, 2.05) is 12.1 Å². The molecule has 6 nitrogen and oxygen atoms in total. The van der Waals surface area contributed by atoms with Gasteiger partial charge in [0, 0.05) is 0 Å². The van der Waals surface area contributed by atoms with E-state index in [9.17, 15) is 25.9 Å². The molecule has 2 rings (SSSR count). The van der Waals surface area contributed by atoms with Crippen LogP contribution < -0.4 is 0 Å². The minimum Gasteiger partial charge on any atom is -0.744 e. The van der Waals surface area contributed by atoms with Gasteiger partial charge in [0.15, 0.2) is 0 Å². The fourth-order valence-electron chi connectivity index (χ4n) is 14.7. The molecule has 0 aliphatic heterocycles. The van der Waals surface area contributed by atoms with E-state index in [4.69, 9.17) is 0 Å². The summed E-state index contributed by atoms with van der Waals surface area (Å²) in [6, 6.07) is 13.3. The summed E-state index contributed by atoms with van der Waals surface area (Å²) in [5, 5.41) is 0. The third-order valence-electron chi connectivity index (χ3n) is 21.1. The van der Waals surface area contributed by atoms with Crippen LogP contribution in [0.5, 0.6) is 0 Å². The Labute approximate surface area is 637 Å². The number of rotatable bonds is 76. The molecule has 2 aromatic rings. The van der Waals surface area contributed by atoms with Crippen LogP contribution in [0.15, 0.2) is 58.3 Å². The maximum absolute atomic E-state index is 11.4. The van der Waals surface area contributed by atoms with Gasteiger partial charge in [-0.2, -0.15) is 0 Å². The van der Waals surface area contributed by atoms with Crippen molar-refractivity contribution in [1.82, 2.24) is 0 Å². The molecule has 0 fully saturated rings. The van der Waals surface area contributed by atoms with Gasteiger partial charge in [0.25, 0.3) is 0 Å². The fraction of sp³-hybridized carbons (Fsp3) is 0.864. The summed E-state index contributed by atoms with van der Waals surface area (Å²) >= 11 is 0. The van der Waals surface area contributed by atoms with Crippen molar-refractivity contribution in [2.75, 3.05) is 0 Å². The molecule has 0 amide bonds. The molecular formula is C88H162CaO6S2. The second kappa shape index (κ2) is 76.6. The molecule has 0 spiro atoms. The van der Waals surface area contributed by atoms with Gasteiger partial charge < -0.3 is 9.11 Å². The Morgan fingerprint density at radius 1 is 0.196 bits per heavy atom. The van der Waals surface area contributed by atoms with Gasteiger partial charge in [-0.25, -0.2) is 16.8 Å². The van der Waals surface area contributed by atoms with Gasteiger partial charge in [0.1, 0.15) is 20.2 Å². The monoisotopic (exact) mass is 1420 g/mol. The predicted molar refractivity (Wildman–Crippen MR) is 426 cm³/mol. The van der Waals surface area contributed by atoms with Gasteiger partial charge in [0.05, 0.1) is 9.79 Å². The second-order valence-corrected chi connectivity index (χ2v) is 33.1. The van der Waals surface area contributed by atoms with E-state index in [0.717, 1.165) is 25.7 Å². The van der Waals surface area contributed by atoms with Crippen molar-refractivity contribution in [3.05, 3.63) is 59.7 Å². The van der Waals surface area contributed by atoms with Crippen molar-refractivity contribution in [2.24, 2.45) is 0 Å². The van der Waals surface area contributed by atoms with E-state index in [0.29, 0.717) is 24.0 Å². The van der Waals surface area contributed by atoms with Crippen LogP contribution in [0, 0.1) is 0 Å². The average Bonchev–Trinajstić information content (AvgIpc) is 1.56. The van der Waals surface area contributed by atoms with Crippen LogP contribution in [0.2, 0.25) is 0 Å². The molecule has 0 unspecified atom stereocenters. The molecule has 0 N–H and O–H groups in total. The molecule has 0 saturated carbocycles. The van der Waals surface area contributed by atoms with Crippen LogP contribution >= 0.6 is 0 Å². The Bertz CT molecular complexity index is 1950. The van der Waals surface area contributed by atoms with Crippen LogP contribution in [0.1, 0.15) is 487 Å². The number of aryl methyl sites for hydroxylation is 2. The van der Waals surface area contributed by atoms with E-state index >= 15 is 0 Å². The summed E-state index contributed by atoms with van der Waals surface area (Å²) in [5.74, 6) is 0. The van der Waals surface area contributed by atoms with Gasteiger partial charge in [0.2, 0.25) is 0 Å². The van der Waals surface area contributed by atoms with E-state index < -0.39 is 20.2 Å². The topological polar surface area (TPSA) is 114 Å². The van der Waals surface area contributed by atoms with Crippen LogP contribution in [0.25, 0.3) is 0 Å². The average molecular weight is 1420 g/mol. The first-order chi connectivity index (χ1) is 47.1. The maximum atomic E-state index is 11.4. The van der Waals surface area contributed by atoms with E-state index in [1.54, 1.807) is 24.3 Å². The molecular weight excluding hydrogens is 1260 g/mol. The Morgan fingerprint density at radius 3 is 0.433 bits per heavy atom. The predicted octanol–water partition coefficient (Wildman–Crippen LogP) is 30.0. The Morgan fingerprint density at radius 2 is 0.309 bits per heavy atom. The summed E-state index contributed by atoms with van der Waals surface area (Å²) in [6.07, 6.45) is 103. The van der Waals surface area contributed by atoms with Gasteiger partial charge in [-0.15, -0.1) is 0 Å². The first-order valence-corrected chi connectivity index (χ1v) is 46.0. The van der Waals surface area contributed by atoms with Crippen LogP contribution in [-0.2, 0) is 33.1 Å². The number of hydrogen-bond acceptors (Lipinski definition) is 6. The molecule has 0 aromatic heterocycles. The molecule has 0 aliphatic carbocycles. The summed E-state index contributed by atoms with van der Waals surface area (Å²) in [7, 11) is -8.74. The van der Waals surface area contributed by atoms with E-state index in [1.165, 1.54) is 449 Å². The molecule has 0 aliphatic rings. The third-order valence-corrected chi connectivity index (χ3v) is 23.0. The summed E-state index contributed by atoms with van der Waals surface area (Å²) in [6.45, 7) is 4.60. The molecule has 0 heterocycles. The van der Waals surface area contributed by atoms with Crippen LogP contribution in [0.4, 0.5) is 0 Å². The zero-order valence-electron chi connectivity index (χ0n) is 64.9. The molecule has 0 saturated heterocycles. The second-order valence-electron chi connectivity index (χ2n) is 30.4. The van der Waals surface area contributed by atoms with Crippen molar-refractivity contribution >= 4 is 58.0 Å². The van der Waals surface area contributed by atoms with E-state index in [2.05, 4.69) is 13.8 Å². The van der Waals surface area contributed by atoms with E-state index in [-0.39, 0.29) is 47.5 Å². The van der Waals surface area contributed by atoms with Crippen molar-refractivity contribution < 1.29 is 25.9 Å². The SMILES string of the molecule is CCCCCCCCCCCCCCCCCCCCCCCCCCCCCCCCCCCCCCc1ccccc1S(=O)(=O)[O-].CCCCCCCCCCCCCCCCCCCCCCCCCCCCCCCCCCCCCCc1ccccc1S(=O)(=O)[O-].[Ca+2]. The van der Waals surface area contributed by atoms with Crippen molar-refractivity contribution in [3.63, 3.8) is 0 Å². The summed E-state index contributed by atoms with van der Waals surface area (Å²) < 4.78 is 68.3. The molecule has 9 heteroatoms. The number of unbranched alkanes of at least 4 members (excludes halogenated alkanes) is 70.